The Hall–Kier alpha value is -0.339. The molecule has 0 aromatic carbocycles. The molecule has 0 rings (SSSR count). The third kappa shape index (κ3) is 8.95. The predicted octanol–water partition coefficient (Wildman–Crippen LogP) is 3.63. The number of hydrogen-bond donors (Lipinski definition) is 0. The number of carbonyl (C=O) groups excluding carboxylic acids is 1. The predicted molar refractivity (Wildman–Crippen MR) is 105 cm³/mol. The van der Waals surface area contributed by atoms with E-state index in [0.29, 0.717) is 17.9 Å². The summed E-state index contributed by atoms with van der Waals surface area (Å²) in [5, 5.41) is 0. The van der Waals surface area contributed by atoms with Gasteiger partial charge in [0.1, 0.15) is 0 Å². The Morgan fingerprint density at radius 3 is 2.41 bits per heavy atom. The van der Waals surface area contributed by atoms with Crippen LogP contribution in [-0.4, -0.2) is 46.5 Å². The molecule has 0 saturated carbocycles. The van der Waals surface area contributed by atoms with E-state index in [4.69, 9.17) is 9.47 Å². The van der Waals surface area contributed by atoms with Crippen molar-refractivity contribution in [2.24, 2.45) is 0 Å². The summed E-state index contributed by atoms with van der Waals surface area (Å²) in [6, 6.07) is 1.23. The Balaban J connectivity index is 4.16. The van der Waals surface area contributed by atoms with Crippen molar-refractivity contribution in [1.82, 2.24) is 0 Å². The first-order valence-electron chi connectivity index (χ1n) is 8.55. The third-order valence-electron chi connectivity index (χ3n) is 4.82. The number of rotatable bonds is 10. The maximum atomic E-state index is 11.2. The van der Waals surface area contributed by atoms with E-state index in [9.17, 15) is 4.79 Å². The zero-order chi connectivity index (χ0) is 17.2. The summed E-state index contributed by atoms with van der Waals surface area (Å²) < 4.78 is 10.5. The van der Waals surface area contributed by atoms with Gasteiger partial charge >= 0.3 is 6.16 Å². The van der Waals surface area contributed by atoms with Crippen LogP contribution >= 0.6 is 0 Å². The van der Waals surface area contributed by atoms with Gasteiger partial charge in [0, 0.05) is 27.1 Å². The monoisotopic (exact) mass is 360 g/mol. The summed E-state index contributed by atoms with van der Waals surface area (Å²) in [7, 11) is -1.27. The molecule has 0 atom stereocenters. The Bertz CT molecular complexity index is 362. The topological polar surface area (TPSA) is 35.5 Å². The lowest BCUT2D eigenvalue weighted by Crippen LogP contribution is -2.43. The van der Waals surface area contributed by atoms with E-state index in [-0.39, 0.29) is 19.0 Å². The zero-order valence-electron chi connectivity index (χ0n) is 15.8. The van der Waals surface area contributed by atoms with Crippen LogP contribution in [0.2, 0.25) is 29.5 Å². The van der Waals surface area contributed by atoms with Crippen LogP contribution in [0.3, 0.4) is 0 Å². The fourth-order valence-corrected chi connectivity index (χ4v) is 14.7. The highest BCUT2D eigenvalue weighted by atomic mass is 28.4. The lowest BCUT2D eigenvalue weighted by atomic mass is 10.4. The van der Waals surface area contributed by atoms with Gasteiger partial charge < -0.3 is 9.47 Å². The van der Waals surface area contributed by atoms with E-state index in [1.807, 2.05) is 0 Å². The Kier molecular flexibility index (Phi) is 10.3. The molecular weight excluding hydrogens is 324 g/mol. The summed E-state index contributed by atoms with van der Waals surface area (Å²) in [5.74, 6) is 0. The SMILES string of the molecule is CCOC(=O)OCCC[Si](C)(C)C(C)(C)[SiH2]C[SiH2]C=C(C)C. The first-order chi connectivity index (χ1) is 10.1. The molecule has 0 fully saturated rings. The first kappa shape index (κ1) is 21.7. The van der Waals surface area contributed by atoms with Crippen molar-refractivity contribution >= 4 is 33.3 Å². The standard InChI is InChI=1S/C16H36O3Si3/c1-8-18-15(17)19-10-9-11-22(6,7)16(4,5)21-13-20-12-14(2)3/h12H,8-11,13,20-21H2,1-7H3. The molecule has 0 heterocycles. The van der Waals surface area contributed by atoms with Crippen LogP contribution in [0.1, 0.15) is 41.0 Å². The second kappa shape index (κ2) is 10.4. The lowest BCUT2D eigenvalue weighted by Gasteiger charge is -2.40. The van der Waals surface area contributed by atoms with E-state index in [0.717, 1.165) is 6.42 Å². The molecule has 0 amide bonds. The van der Waals surface area contributed by atoms with Gasteiger partial charge in [-0.15, -0.1) is 5.70 Å². The van der Waals surface area contributed by atoms with Crippen molar-refractivity contribution in [1.29, 1.82) is 0 Å². The molecule has 0 saturated heterocycles. The van der Waals surface area contributed by atoms with Crippen molar-refractivity contribution in [3.63, 3.8) is 0 Å². The average Bonchev–Trinajstić information content (AvgIpc) is 2.40. The molecule has 0 radical (unpaired) electrons. The van der Waals surface area contributed by atoms with Crippen molar-refractivity contribution < 1.29 is 14.3 Å². The van der Waals surface area contributed by atoms with Gasteiger partial charge in [-0.25, -0.2) is 4.79 Å². The maximum absolute atomic E-state index is 11.2. The second-order valence-corrected chi connectivity index (χ2v) is 20.0. The van der Waals surface area contributed by atoms with Gasteiger partial charge in [0.15, 0.2) is 0 Å². The Labute approximate surface area is 142 Å². The normalized spacial score (nSPS) is 13.0. The van der Waals surface area contributed by atoms with Gasteiger partial charge in [0.05, 0.1) is 13.2 Å². The Morgan fingerprint density at radius 2 is 1.86 bits per heavy atom. The van der Waals surface area contributed by atoms with Crippen LogP contribution in [-0.2, 0) is 9.47 Å². The highest BCUT2D eigenvalue weighted by Gasteiger charge is 2.37. The molecular formula is C16H36O3Si3. The minimum Gasteiger partial charge on any atom is -0.435 e. The molecule has 0 aromatic heterocycles. The molecule has 6 heteroatoms. The zero-order valence-corrected chi connectivity index (χ0v) is 19.6. The van der Waals surface area contributed by atoms with E-state index >= 15 is 0 Å². The van der Waals surface area contributed by atoms with Crippen LogP contribution in [0.4, 0.5) is 4.79 Å². The lowest BCUT2D eigenvalue weighted by molar-refractivity contribution is 0.0591. The summed E-state index contributed by atoms with van der Waals surface area (Å²) in [6.45, 7) is 17.1. The highest BCUT2D eigenvalue weighted by Crippen LogP contribution is 2.39. The van der Waals surface area contributed by atoms with Crippen molar-refractivity contribution in [2.75, 3.05) is 13.2 Å². The molecule has 0 aromatic rings. The number of ether oxygens (including phenoxy) is 2. The van der Waals surface area contributed by atoms with Gasteiger partial charge in [0.25, 0.3) is 0 Å². The molecule has 0 aliphatic carbocycles. The molecule has 0 spiro atoms. The number of allylic oxidation sites excluding steroid dienone is 1. The van der Waals surface area contributed by atoms with Gasteiger partial charge in [0.2, 0.25) is 0 Å². The van der Waals surface area contributed by atoms with E-state index in [1.54, 1.807) is 6.92 Å². The van der Waals surface area contributed by atoms with Gasteiger partial charge in [-0.2, -0.15) is 0 Å². The number of carbonyl (C=O) groups is 1. The maximum Gasteiger partial charge on any atom is 0.508 e. The molecule has 130 valence electrons. The smallest absolute Gasteiger partial charge is 0.435 e. The van der Waals surface area contributed by atoms with Crippen LogP contribution in [0.5, 0.6) is 0 Å². The molecule has 0 aliphatic rings. The van der Waals surface area contributed by atoms with Crippen LogP contribution in [0.15, 0.2) is 11.3 Å². The number of hydrogen-bond acceptors (Lipinski definition) is 3. The summed E-state index contributed by atoms with van der Waals surface area (Å²) in [5.41, 5.74) is 5.53. The van der Waals surface area contributed by atoms with Crippen molar-refractivity contribution in [3.8, 4) is 0 Å². The molecule has 3 nitrogen and oxygen atoms in total. The highest BCUT2D eigenvalue weighted by molar-refractivity contribution is 6.89. The molecule has 0 bridgehead atoms. The molecule has 0 N–H and O–H groups in total. The summed E-state index contributed by atoms with van der Waals surface area (Å²) in [6.07, 6.45) is 0.449. The molecule has 22 heavy (non-hydrogen) atoms. The van der Waals surface area contributed by atoms with Crippen molar-refractivity contribution in [3.05, 3.63) is 11.3 Å². The van der Waals surface area contributed by atoms with E-state index in [2.05, 4.69) is 46.5 Å². The molecule has 0 aliphatic heterocycles. The van der Waals surface area contributed by atoms with Crippen LogP contribution in [0.25, 0.3) is 0 Å². The van der Waals surface area contributed by atoms with E-state index in [1.165, 1.54) is 17.3 Å². The van der Waals surface area contributed by atoms with Crippen LogP contribution in [0, 0.1) is 0 Å². The van der Waals surface area contributed by atoms with E-state index < -0.39 is 14.2 Å². The van der Waals surface area contributed by atoms with Gasteiger partial charge in [-0.1, -0.05) is 44.2 Å². The van der Waals surface area contributed by atoms with Gasteiger partial charge in [-0.05, 0) is 31.9 Å². The average molecular weight is 361 g/mol. The third-order valence-corrected chi connectivity index (χ3v) is 19.1. The summed E-state index contributed by atoms with van der Waals surface area (Å²) >= 11 is 0. The fourth-order valence-electron chi connectivity index (χ4n) is 2.44. The second-order valence-electron chi connectivity index (χ2n) is 7.58. The van der Waals surface area contributed by atoms with Gasteiger partial charge in [-0.3, -0.25) is 0 Å². The molecule has 0 unspecified atom stereocenters. The summed E-state index contributed by atoms with van der Waals surface area (Å²) in [4.78, 5) is 11.2. The quantitative estimate of drug-likeness (QED) is 0.339. The fraction of sp³-hybridized carbons (Fsp3) is 0.812. The van der Waals surface area contributed by atoms with Crippen LogP contribution < -0.4 is 0 Å². The largest absolute Gasteiger partial charge is 0.508 e. The minimum absolute atomic E-state index is 0.0195. The minimum atomic E-state index is -1.27. The Morgan fingerprint density at radius 1 is 1.23 bits per heavy atom. The first-order valence-corrected chi connectivity index (χ1v) is 15.3. The van der Waals surface area contributed by atoms with Crippen molar-refractivity contribution in [2.45, 2.75) is 70.5 Å².